The van der Waals surface area contributed by atoms with Gasteiger partial charge in [0.1, 0.15) is 0 Å². The third-order valence-electron chi connectivity index (χ3n) is 3.73. The van der Waals surface area contributed by atoms with Gasteiger partial charge in [0.2, 0.25) is 0 Å². The molecule has 0 saturated heterocycles. The van der Waals surface area contributed by atoms with E-state index in [0.717, 1.165) is 4.47 Å². The van der Waals surface area contributed by atoms with Gasteiger partial charge in [0.05, 0.1) is 6.04 Å². The van der Waals surface area contributed by atoms with Crippen LogP contribution in [0.4, 0.5) is 0 Å². The Morgan fingerprint density at radius 2 is 1.65 bits per heavy atom. The number of nitrogens with two attached hydrogens (primary N) is 1. The minimum Gasteiger partial charge on any atom is -0.320 e. The summed E-state index contributed by atoms with van der Waals surface area (Å²) >= 11 is 3.50. The van der Waals surface area contributed by atoms with Gasteiger partial charge in [-0.05, 0) is 46.5 Å². The van der Waals surface area contributed by atoms with Crippen molar-refractivity contribution >= 4 is 26.7 Å². The van der Waals surface area contributed by atoms with Gasteiger partial charge in [0, 0.05) is 4.47 Å². The quantitative estimate of drug-likeness (QED) is 0.708. The summed E-state index contributed by atoms with van der Waals surface area (Å²) < 4.78 is 1.09. The molecule has 3 aromatic carbocycles. The highest BCUT2D eigenvalue weighted by Crippen LogP contribution is 2.29. The van der Waals surface area contributed by atoms with Crippen LogP contribution in [0.3, 0.4) is 0 Å². The lowest BCUT2D eigenvalue weighted by atomic mass is 9.92. The Kier molecular flexibility index (Phi) is 3.60. The van der Waals surface area contributed by atoms with Crippen LogP contribution in [0.1, 0.15) is 22.7 Å². The third kappa shape index (κ3) is 2.37. The summed E-state index contributed by atoms with van der Waals surface area (Å²) in [6, 6.07) is 20.9. The molecule has 1 nitrogen and oxygen atoms in total. The molecule has 0 fully saturated rings. The number of aryl methyl sites for hydroxylation is 1. The Labute approximate surface area is 127 Å². The molecule has 0 heterocycles. The van der Waals surface area contributed by atoms with E-state index in [9.17, 15) is 0 Å². The lowest BCUT2D eigenvalue weighted by molar-refractivity contribution is 0.870. The maximum Gasteiger partial charge on any atom is 0.0560 e. The molecule has 0 aliphatic carbocycles. The fourth-order valence-electron chi connectivity index (χ4n) is 2.68. The van der Waals surface area contributed by atoms with Crippen LogP contribution >= 0.6 is 15.9 Å². The van der Waals surface area contributed by atoms with Gasteiger partial charge in [-0.25, -0.2) is 0 Å². The highest BCUT2D eigenvalue weighted by molar-refractivity contribution is 9.10. The second kappa shape index (κ2) is 5.39. The molecule has 2 N–H and O–H groups in total. The lowest BCUT2D eigenvalue weighted by Gasteiger charge is -2.17. The standard InChI is InChI=1S/C18H16BrN/c1-12-11-14(19)9-10-15(12)18(20)17-8-4-6-13-5-2-3-7-16(13)17/h2-11,18H,20H2,1H3. The molecule has 0 saturated carbocycles. The number of fused-ring (bicyclic) bond motifs is 1. The SMILES string of the molecule is Cc1cc(Br)ccc1C(N)c1cccc2ccccc12. The zero-order valence-electron chi connectivity index (χ0n) is 11.3. The fourth-order valence-corrected chi connectivity index (χ4v) is 3.15. The summed E-state index contributed by atoms with van der Waals surface area (Å²) in [7, 11) is 0. The maximum atomic E-state index is 6.52. The van der Waals surface area contributed by atoms with Crippen molar-refractivity contribution in [3.63, 3.8) is 0 Å². The van der Waals surface area contributed by atoms with Crippen molar-refractivity contribution < 1.29 is 0 Å². The average Bonchev–Trinajstić information content (AvgIpc) is 2.46. The van der Waals surface area contributed by atoms with Gasteiger partial charge < -0.3 is 5.73 Å². The van der Waals surface area contributed by atoms with Crippen molar-refractivity contribution in [3.05, 3.63) is 81.8 Å². The molecule has 2 heteroatoms. The molecular weight excluding hydrogens is 310 g/mol. The molecule has 0 bridgehead atoms. The van der Waals surface area contributed by atoms with E-state index in [2.05, 4.69) is 77.5 Å². The van der Waals surface area contributed by atoms with E-state index in [-0.39, 0.29) is 6.04 Å². The van der Waals surface area contributed by atoms with E-state index in [1.54, 1.807) is 0 Å². The minimum absolute atomic E-state index is 0.103. The van der Waals surface area contributed by atoms with Gasteiger partial charge in [0.25, 0.3) is 0 Å². The second-order valence-electron chi connectivity index (χ2n) is 5.05. The molecule has 100 valence electrons. The molecule has 0 spiro atoms. The largest absolute Gasteiger partial charge is 0.320 e. The van der Waals surface area contributed by atoms with Crippen LogP contribution in [-0.4, -0.2) is 0 Å². The highest BCUT2D eigenvalue weighted by atomic mass is 79.9. The molecule has 1 atom stereocenters. The number of hydrogen-bond acceptors (Lipinski definition) is 1. The predicted molar refractivity (Wildman–Crippen MR) is 88.9 cm³/mol. The van der Waals surface area contributed by atoms with Gasteiger partial charge in [-0.2, -0.15) is 0 Å². The molecule has 3 rings (SSSR count). The predicted octanol–water partition coefficient (Wildman–Crippen LogP) is 4.96. The summed E-state index contributed by atoms with van der Waals surface area (Å²) in [6.45, 7) is 2.10. The summed E-state index contributed by atoms with van der Waals surface area (Å²) in [5, 5.41) is 2.46. The second-order valence-corrected chi connectivity index (χ2v) is 5.96. The van der Waals surface area contributed by atoms with E-state index < -0.39 is 0 Å². The van der Waals surface area contributed by atoms with Crippen LogP contribution in [0, 0.1) is 6.92 Å². The van der Waals surface area contributed by atoms with E-state index >= 15 is 0 Å². The van der Waals surface area contributed by atoms with Crippen LogP contribution in [-0.2, 0) is 0 Å². The van der Waals surface area contributed by atoms with Gasteiger partial charge in [-0.3, -0.25) is 0 Å². The molecule has 0 aliphatic heterocycles. The van der Waals surface area contributed by atoms with Crippen molar-refractivity contribution in [2.45, 2.75) is 13.0 Å². The van der Waals surface area contributed by atoms with E-state index in [4.69, 9.17) is 5.73 Å². The maximum absolute atomic E-state index is 6.52. The van der Waals surface area contributed by atoms with Gasteiger partial charge in [0.15, 0.2) is 0 Å². The molecule has 0 aliphatic rings. The van der Waals surface area contributed by atoms with E-state index in [0.29, 0.717) is 0 Å². The summed E-state index contributed by atoms with van der Waals surface area (Å²) in [4.78, 5) is 0. The highest BCUT2D eigenvalue weighted by Gasteiger charge is 2.14. The van der Waals surface area contributed by atoms with Crippen LogP contribution < -0.4 is 5.73 Å². The number of hydrogen-bond donors (Lipinski definition) is 1. The molecule has 1 unspecified atom stereocenters. The van der Waals surface area contributed by atoms with Gasteiger partial charge >= 0.3 is 0 Å². The average molecular weight is 326 g/mol. The fraction of sp³-hybridized carbons (Fsp3) is 0.111. The zero-order chi connectivity index (χ0) is 14.1. The summed E-state index contributed by atoms with van der Waals surface area (Å²) in [6.07, 6.45) is 0. The zero-order valence-corrected chi connectivity index (χ0v) is 12.9. The van der Waals surface area contributed by atoms with Gasteiger partial charge in [-0.1, -0.05) is 64.5 Å². The first-order valence-electron chi connectivity index (χ1n) is 6.66. The van der Waals surface area contributed by atoms with Crippen LogP contribution in [0.5, 0.6) is 0 Å². The Hall–Kier alpha value is -1.64. The Morgan fingerprint density at radius 3 is 2.45 bits per heavy atom. The lowest BCUT2D eigenvalue weighted by Crippen LogP contribution is -2.13. The van der Waals surface area contributed by atoms with Crippen molar-refractivity contribution in [3.8, 4) is 0 Å². The molecule has 20 heavy (non-hydrogen) atoms. The Bertz CT molecular complexity index is 759. The molecule has 0 radical (unpaired) electrons. The molecule has 0 aromatic heterocycles. The van der Waals surface area contributed by atoms with Crippen molar-refractivity contribution in [2.75, 3.05) is 0 Å². The van der Waals surface area contributed by atoms with Crippen molar-refractivity contribution in [2.24, 2.45) is 5.73 Å². The Morgan fingerprint density at radius 1 is 0.900 bits per heavy atom. The summed E-state index contributed by atoms with van der Waals surface area (Å²) in [5.74, 6) is 0. The minimum atomic E-state index is -0.103. The van der Waals surface area contributed by atoms with E-state index in [1.165, 1.54) is 27.5 Å². The molecular formula is C18H16BrN. The van der Waals surface area contributed by atoms with Crippen LogP contribution in [0.15, 0.2) is 65.1 Å². The van der Waals surface area contributed by atoms with Crippen molar-refractivity contribution in [1.29, 1.82) is 0 Å². The topological polar surface area (TPSA) is 26.0 Å². The number of rotatable bonds is 2. The smallest absolute Gasteiger partial charge is 0.0560 e. The van der Waals surface area contributed by atoms with Crippen LogP contribution in [0.25, 0.3) is 10.8 Å². The first-order chi connectivity index (χ1) is 9.66. The molecule has 3 aromatic rings. The van der Waals surface area contributed by atoms with Gasteiger partial charge in [-0.15, -0.1) is 0 Å². The Balaban J connectivity index is 2.15. The number of halogens is 1. The third-order valence-corrected chi connectivity index (χ3v) is 4.22. The molecule has 0 amide bonds. The van der Waals surface area contributed by atoms with Crippen molar-refractivity contribution in [1.82, 2.24) is 0 Å². The normalized spacial score (nSPS) is 12.6. The van der Waals surface area contributed by atoms with Crippen LogP contribution in [0.2, 0.25) is 0 Å². The summed E-state index contributed by atoms with van der Waals surface area (Å²) in [5.41, 5.74) is 10.1. The van der Waals surface area contributed by atoms with E-state index in [1.807, 2.05) is 6.07 Å². The monoisotopic (exact) mass is 325 g/mol. The first-order valence-corrected chi connectivity index (χ1v) is 7.45. The number of benzene rings is 3. The first kappa shape index (κ1) is 13.3.